The third kappa shape index (κ3) is 3.00. The van der Waals surface area contributed by atoms with E-state index in [2.05, 4.69) is 15.4 Å². The van der Waals surface area contributed by atoms with Gasteiger partial charge in [-0.05, 0) is 56.3 Å². The summed E-state index contributed by atoms with van der Waals surface area (Å²) in [5, 5.41) is 9.05. The Morgan fingerprint density at radius 1 is 1.10 bits per heavy atom. The van der Waals surface area contributed by atoms with E-state index in [1.54, 1.807) is 35.5 Å². The normalized spacial score (nSPS) is 11.4. The average molecular weight is 397 g/mol. The summed E-state index contributed by atoms with van der Waals surface area (Å²) in [6.45, 7) is 4.05. The van der Waals surface area contributed by atoms with Gasteiger partial charge in [0.2, 0.25) is 0 Å². The molecule has 1 aromatic carbocycles. The Labute approximate surface area is 172 Å². The van der Waals surface area contributed by atoms with Crippen LogP contribution in [-0.2, 0) is 0 Å². The molecule has 4 aromatic heterocycles. The van der Waals surface area contributed by atoms with E-state index in [-0.39, 0.29) is 11.9 Å². The Morgan fingerprint density at radius 3 is 2.80 bits per heavy atom. The fourth-order valence-electron chi connectivity index (χ4n) is 3.54. The second-order valence-corrected chi connectivity index (χ2v) is 7.28. The van der Waals surface area contributed by atoms with Gasteiger partial charge in [0.1, 0.15) is 5.69 Å². The van der Waals surface area contributed by atoms with Crippen molar-refractivity contribution in [3.05, 3.63) is 72.8 Å². The second-order valence-electron chi connectivity index (χ2n) is 7.28. The number of nitrogens with zero attached hydrogens (tertiary/aromatic N) is 4. The van der Waals surface area contributed by atoms with Gasteiger partial charge in [-0.2, -0.15) is 5.10 Å². The molecule has 4 heterocycles. The van der Waals surface area contributed by atoms with Gasteiger partial charge in [0, 0.05) is 17.6 Å². The monoisotopic (exact) mass is 397 g/mol. The summed E-state index contributed by atoms with van der Waals surface area (Å²) in [5.74, 6) is 0.353. The number of nitrogens with one attached hydrogen (secondary N) is 1. The highest BCUT2D eigenvalue weighted by molar-refractivity contribution is 6.14. The minimum atomic E-state index is -0.241. The molecule has 0 fully saturated rings. The van der Waals surface area contributed by atoms with Crippen LogP contribution in [0.4, 0.5) is 5.69 Å². The number of hydrogen-bond donors (Lipinski definition) is 1. The Morgan fingerprint density at radius 2 is 2.00 bits per heavy atom. The number of furan rings is 1. The summed E-state index contributed by atoms with van der Waals surface area (Å²) in [6, 6.07) is 14.9. The van der Waals surface area contributed by atoms with E-state index in [0.29, 0.717) is 33.7 Å². The van der Waals surface area contributed by atoms with Gasteiger partial charge in [-0.15, -0.1) is 0 Å². The van der Waals surface area contributed by atoms with Gasteiger partial charge in [0.15, 0.2) is 11.4 Å². The molecule has 0 unspecified atom stereocenters. The van der Waals surface area contributed by atoms with Crippen molar-refractivity contribution >= 4 is 33.5 Å². The van der Waals surface area contributed by atoms with Crippen LogP contribution in [0.5, 0.6) is 0 Å². The molecule has 0 aliphatic carbocycles. The van der Waals surface area contributed by atoms with Gasteiger partial charge in [-0.25, -0.2) is 9.67 Å². The van der Waals surface area contributed by atoms with Crippen LogP contribution in [0.1, 0.15) is 30.2 Å². The van der Waals surface area contributed by atoms with Crippen LogP contribution < -0.4 is 5.32 Å². The minimum absolute atomic E-state index is 0.0990. The van der Waals surface area contributed by atoms with Gasteiger partial charge in [0.25, 0.3) is 5.91 Å². The number of aromatic nitrogens is 4. The summed E-state index contributed by atoms with van der Waals surface area (Å²) in [7, 11) is 0. The second kappa shape index (κ2) is 7.11. The van der Waals surface area contributed by atoms with Gasteiger partial charge in [0.05, 0.1) is 34.6 Å². The van der Waals surface area contributed by atoms with E-state index in [0.717, 1.165) is 10.9 Å². The minimum Gasteiger partial charge on any atom is -0.463 e. The fraction of sp³-hybridized carbons (Fsp3) is 0.130. The van der Waals surface area contributed by atoms with Crippen molar-refractivity contribution in [2.24, 2.45) is 0 Å². The van der Waals surface area contributed by atoms with E-state index < -0.39 is 0 Å². The number of carbonyl (C=O) groups excluding carboxylic acids is 1. The maximum atomic E-state index is 13.3. The molecule has 0 spiro atoms. The Hall–Kier alpha value is -4.00. The number of amides is 1. The first-order valence-corrected chi connectivity index (χ1v) is 9.69. The molecule has 30 heavy (non-hydrogen) atoms. The van der Waals surface area contributed by atoms with Crippen molar-refractivity contribution < 1.29 is 9.21 Å². The van der Waals surface area contributed by atoms with E-state index in [1.807, 2.05) is 50.2 Å². The summed E-state index contributed by atoms with van der Waals surface area (Å²) < 4.78 is 7.33. The molecule has 0 aliphatic rings. The molecule has 0 saturated carbocycles. The van der Waals surface area contributed by atoms with Crippen LogP contribution in [0.3, 0.4) is 0 Å². The molecular formula is C23H19N5O2. The quantitative estimate of drug-likeness (QED) is 0.457. The summed E-state index contributed by atoms with van der Waals surface area (Å²) in [6.07, 6.45) is 5.01. The number of rotatable bonds is 4. The van der Waals surface area contributed by atoms with Crippen molar-refractivity contribution in [1.29, 1.82) is 0 Å². The lowest BCUT2D eigenvalue weighted by Crippen LogP contribution is -2.13. The van der Waals surface area contributed by atoms with Gasteiger partial charge in [-0.3, -0.25) is 9.78 Å². The molecule has 0 atom stereocenters. The molecule has 1 amide bonds. The molecule has 7 nitrogen and oxygen atoms in total. The largest absolute Gasteiger partial charge is 0.463 e. The maximum absolute atomic E-state index is 13.3. The van der Waals surface area contributed by atoms with Crippen LogP contribution in [0.2, 0.25) is 0 Å². The standard InChI is InChI=1S/C23H19N5O2/c1-14(2)28-22-17(13-25-28)16(12-20(26-22)21-9-5-11-30-21)23(29)27-19-8-3-7-18-15(19)6-4-10-24-18/h3-14H,1-2H3,(H,27,29). The van der Waals surface area contributed by atoms with Crippen LogP contribution in [-0.4, -0.2) is 25.7 Å². The highest BCUT2D eigenvalue weighted by Gasteiger charge is 2.20. The highest BCUT2D eigenvalue weighted by Crippen LogP contribution is 2.28. The molecule has 5 rings (SSSR count). The summed E-state index contributed by atoms with van der Waals surface area (Å²) >= 11 is 0. The lowest BCUT2D eigenvalue weighted by Gasteiger charge is -2.11. The fourth-order valence-corrected chi connectivity index (χ4v) is 3.54. The maximum Gasteiger partial charge on any atom is 0.256 e. The zero-order valence-corrected chi connectivity index (χ0v) is 16.5. The number of benzene rings is 1. The first-order chi connectivity index (χ1) is 14.6. The van der Waals surface area contributed by atoms with Crippen molar-refractivity contribution in [1.82, 2.24) is 19.7 Å². The van der Waals surface area contributed by atoms with Gasteiger partial charge in [-0.1, -0.05) is 6.07 Å². The number of carbonyl (C=O) groups is 1. The van der Waals surface area contributed by atoms with Crippen molar-refractivity contribution in [2.75, 3.05) is 5.32 Å². The van der Waals surface area contributed by atoms with E-state index in [9.17, 15) is 4.79 Å². The molecule has 0 aliphatic heterocycles. The molecule has 0 saturated heterocycles. The first kappa shape index (κ1) is 18.1. The van der Waals surface area contributed by atoms with Crippen molar-refractivity contribution in [2.45, 2.75) is 19.9 Å². The number of fused-ring (bicyclic) bond motifs is 2. The molecule has 148 valence electrons. The Balaban J connectivity index is 1.64. The van der Waals surface area contributed by atoms with Crippen molar-refractivity contribution in [3.63, 3.8) is 0 Å². The third-order valence-corrected chi connectivity index (χ3v) is 4.97. The Kier molecular flexibility index (Phi) is 4.28. The van der Waals surface area contributed by atoms with Crippen LogP contribution in [0.15, 0.2) is 71.6 Å². The summed E-state index contributed by atoms with van der Waals surface area (Å²) in [5.41, 5.74) is 3.23. The van der Waals surface area contributed by atoms with E-state index >= 15 is 0 Å². The van der Waals surface area contributed by atoms with E-state index in [1.165, 1.54) is 0 Å². The SMILES string of the molecule is CC(C)n1ncc2c(C(=O)Nc3cccc4ncccc34)cc(-c3ccco3)nc21. The van der Waals surface area contributed by atoms with Gasteiger partial charge < -0.3 is 9.73 Å². The molecule has 0 bridgehead atoms. The number of anilines is 1. The van der Waals surface area contributed by atoms with E-state index in [4.69, 9.17) is 9.40 Å². The number of hydrogen-bond acceptors (Lipinski definition) is 5. The lowest BCUT2D eigenvalue weighted by molar-refractivity contribution is 0.102. The molecular weight excluding hydrogens is 378 g/mol. The topological polar surface area (TPSA) is 85.8 Å². The molecule has 0 radical (unpaired) electrons. The number of pyridine rings is 2. The molecule has 1 N–H and O–H groups in total. The van der Waals surface area contributed by atoms with Crippen molar-refractivity contribution in [3.8, 4) is 11.5 Å². The predicted molar refractivity (Wildman–Crippen MR) is 115 cm³/mol. The smallest absolute Gasteiger partial charge is 0.256 e. The predicted octanol–water partition coefficient (Wildman–Crippen LogP) is 5.07. The Bertz CT molecular complexity index is 1360. The van der Waals surface area contributed by atoms with Crippen LogP contribution >= 0.6 is 0 Å². The zero-order valence-electron chi connectivity index (χ0n) is 16.5. The highest BCUT2D eigenvalue weighted by atomic mass is 16.3. The summed E-state index contributed by atoms with van der Waals surface area (Å²) in [4.78, 5) is 22.4. The average Bonchev–Trinajstić information content (AvgIpc) is 3.43. The molecule has 5 aromatic rings. The third-order valence-electron chi connectivity index (χ3n) is 4.97. The lowest BCUT2D eigenvalue weighted by atomic mass is 10.1. The van der Waals surface area contributed by atoms with Gasteiger partial charge >= 0.3 is 0 Å². The zero-order chi connectivity index (χ0) is 20.7. The van der Waals surface area contributed by atoms with Crippen LogP contribution in [0, 0.1) is 0 Å². The van der Waals surface area contributed by atoms with Crippen LogP contribution in [0.25, 0.3) is 33.4 Å². The first-order valence-electron chi connectivity index (χ1n) is 9.69. The molecule has 7 heteroatoms.